The SMILES string of the molecule is COc1cccc(NC(=O)CSCCN)c1. The van der Waals surface area contributed by atoms with E-state index in [2.05, 4.69) is 5.32 Å². The molecule has 1 aromatic carbocycles. The third kappa shape index (κ3) is 4.55. The number of hydrogen-bond donors (Lipinski definition) is 2. The van der Waals surface area contributed by atoms with Gasteiger partial charge in [-0.3, -0.25) is 4.79 Å². The molecule has 0 atom stereocenters. The van der Waals surface area contributed by atoms with Gasteiger partial charge in [0.25, 0.3) is 0 Å². The average molecular weight is 240 g/mol. The Morgan fingerprint density at radius 1 is 1.56 bits per heavy atom. The fourth-order valence-corrected chi connectivity index (χ4v) is 1.71. The Morgan fingerprint density at radius 3 is 3.06 bits per heavy atom. The van der Waals surface area contributed by atoms with E-state index in [-0.39, 0.29) is 5.91 Å². The molecular weight excluding hydrogens is 224 g/mol. The highest BCUT2D eigenvalue weighted by Crippen LogP contribution is 2.16. The maximum atomic E-state index is 11.5. The minimum Gasteiger partial charge on any atom is -0.497 e. The number of thioether (sulfide) groups is 1. The summed E-state index contributed by atoms with van der Waals surface area (Å²) in [5.74, 6) is 1.93. The molecule has 0 radical (unpaired) electrons. The van der Waals surface area contributed by atoms with Crippen molar-refractivity contribution in [3.63, 3.8) is 0 Å². The zero-order chi connectivity index (χ0) is 11.8. The first-order chi connectivity index (χ1) is 7.76. The van der Waals surface area contributed by atoms with Crippen LogP contribution in [-0.2, 0) is 4.79 Å². The van der Waals surface area contributed by atoms with E-state index in [1.165, 1.54) is 11.8 Å². The van der Waals surface area contributed by atoms with Crippen LogP contribution in [0.15, 0.2) is 24.3 Å². The minimum atomic E-state index is -0.0216. The largest absolute Gasteiger partial charge is 0.497 e. The quantitative estimate of drug-likeness (QED) is 0.736. The molecule has 0 fully saturated rings. The number of hydrogen-bond acceptors (Lipinski definition) is 4. The van der Waals surface area contributed by atoms with Gasteiger partial charge in [-0.1, -0.05) is 6.07 Å². The number of ether oxygens (including phenoxy) is 1. The van der Waals surface area contributed by atoms with Crippen molar-refractivity contribution in [1.29, 1.82) is 0 Å². The maximum absolute atomic E-state index is 11.5. The van der Waals surface area contributed by atoms with Crippen LogP contribution >= 0.6 is 11.8 Å². The first kappa shape index (κ1) is 12.9. The normalized spacial score (nSPS) is 9.88. The van der Waals surface area contributed by atoms with E-state index in [1.807, 2.05) is 18.2 Å². The fraction of sp³-hybridized carbons (Fsp3) is 0.364. The van der Waals surface area contributed by atoms with Gasteiger partial charge in [0, 0.05) is 24.1 Å². The number of methoxy groups -OCH3 is 1. The Balaban J connectivity index is 2.43. The number of nitrogens with one attached hydrogen (secondary N) is 1. The molecule has 0 spiro atoms. The molecule has 0 heterocycles. The van der Waals surface area contributed by atoms with Crippen LogP contribution in [0.3, 0.4) is 0 Å². The molecule has 16 heavy (non-hydrogen) atoms. The van der Waals surface area contributed by atoms with Crippen LogP contribution in [0.5, 0.6) is 5.75 Å². The standard InChI is InChI=1S/C11H16N2O2S/c1-15-10-4-2-3-9(7-10)13-11(14)8-16-6-5-12/h2-4,7H,5-6,8,12H2,1H3,(H,13,14). The second kappa shape index (κ2) is 7.14. The van der Waals surface area contributed by atoms with E-state index < -0.39 is 0 Å². The lowest BCUT2D eigenvalue weighted by Gasteiger charge is -2.06. The summed E-state index contributed by atoms with van der Waals surface area (Å²) in [4.78, 5) is 11.5. The van der Waals surface area contributed by atoms with E-state index in [0.717, 1.165) is 17.2 Å². The van der Waals surface area contributed by atoms with Crippen molar-refractivity contribution in [3.8, 4) is 5.75 Å². The summed E-state index contributed by atoms with van der Waals surface area (Å²) in [5, 5.41) is 2.79. The van der Waals surface area contributed by atoms with Crippen molar-refractivity contribution in [1.82, 2.24) is 0 Å². The summed E-state index contributed by atoms with van der Waals surface area (Å²) in [5.41, 5.74) is 6.08. The van der Waals surface area contributed by atoms with Gasteiger partial charge in [-0.05, 0) is 12.1 Å². The monoisotopic (exact) mass is 240 g/mol. The number of benzene rings is 1. The zero-order valence-corrected chi connectivity index (χ0v) is 10.0. The van der Waals surface area contributed by atoms with Gasteiger partial charge in [0.15, 0.2) is 0 Å². The molecule has 1 amide bonds. The predicted molar refractivity (Wildman–Crippen MR) is 68.0 cm³/mol. The maximum Gasteiger partial charge on any atom is 0.234 e. The molecule has 3 N–H and O–H groups in total. The van der Waals surface area contributed by atoms with Crippen molar-refractivity contribution < 1.29 is 9.53 Å². The highest BCUT2D eigenvalue weighted by molar-refractivity contribution is 7.99. The smallest absolute Gasteiger partial charge is 0.234 e. The van der Waals surface area contributed by atoms with E-state index in [4.69, 9.17) is 10.5 Å². The molecule has 0 unspecified atom stereocenters. The van der Waals surface area contributed by atoms with Crippen LogP contribution in [0.25, 0.3) is 0 Å². The molecule has 5 heteroatoms. The van der Waals surface area contributed by atoms with Crippen molar-refractivity contribution in [2.24, 2.45) is 5.73 Å². The summed E-state index contributed by atoms with van der Waals surface area (Å²) in [6.07, 6.45) is 0. The number of anilines is 1. The van der Waals surface area contributed by atoms with E-state index in [9.17, 15) is 4.79 Å². The Labute approximate surface area is 99.5 Å². The van der Waals surface area contributed by atoms with Gasteiger partial charge < -0.3 is 15.8 Å². The third-order valence-corrected chi connectivity index (χ3v) is 2.84. The van der Waals surface area contributed by atoms with Crippen LogP contribution in [0.4, 0.5) is 5.69 Å². The molecule has 0 aliphatic heterocycles. The summed E-state index contributed by atoms with van der Waals surface area (Å²) in [7, 11) is 1.60. The number of amides is 1. The molecule has 0 saturated carbocycles. The summed E-state index contributed by atoms with van der Waals surface area (Å²) >= 11 is 1.52. The van der Waals surface area contributed by atoms with Gasteiger partial charge in [-0.2, -0.15) is 11.8 Å². The molecule has 4 nitrogen and oxygen atoms in total. The number of rotatable bonds is 6. The fourth-order valence-electron chi connectivity index (χ4n) is 1.15. The Morgan fingerprint density at radius 2 is 2.38 bits per heavy atom. The lowest BCUT2D eigenvalue weighted by molar-refractivity contribution is -0.113. The van der Waals surface area contributed by atoms with Gasteiger partial charge in [0.1, 0.15) is 5.75 Å². The molecule has 0 aliphatic rings. The second-order valence-corrected chi connectivity index (χ2v) is 4.23. The van der Waals surface area contributed by atoms with Crippen LogP contribution in [0.1, 0.15) is 0 Å². The molecule has 1 aromatic rings. The number of carbonyl (C=O) groups excluding carboxylic acids is 1. The Bertz CT molecular complexity index is 345. The summed E-state index contributed by atoms with van der Waals surface area (Å²) < 4.78 is 5.06. The average Bonchev–Trinajstić information content (AvgIpc) is 2.29. The highest BCUT2D eigenvalue weighted by atomic mass is 32.2. The van der Waals surface area contributed by atoms with Crippen molar-refractivity contribution in [3.05, 3.63) is 24.3 Å². The van der Waals surface area contributed by atoms with E-state index in [0.29, 0.717) is 12.3 Å². The van der Waals surface area contributed by atoms with Crippen molar-refractivity contribution in [2.75, 3.05) is 30.5 Å². The van der Waals surface area contributed by atoms with Crippen LogP contribution in [0, 0.1) is 0 Å². The second-order valence-electron chi connectivity index (χ2n) is 3.12. The van der Waals surface area contributed by atoms with Crippen LogP contribution in [0.2, 0.25) is 0 Å². The van der Waals surface area contributed by atoms with Crippen LogP contribution < -0.4 is 15.8 Å². The molecule has 88 valence electrons. The predicted octanol–water partition coefficient (Wildman–Crippen LogP) is 1.33. The molecule has 0 saturated heterocycles. The van der Waals surface area contributed by atoms with Gasteiger partial charge in [0.2, 0.25) is 5.91 Å². The summed E-state index contributed by atoms with van der Waals surface area (Å²) in [6.45, 7) is 0.594. The topological polar surface area (TPSA) is 64.3 Å². The van der Waals surface area contributed by atoms with Crippen molar-refractivity contribution >= 4 is 23.4 Å². The lowest BCUT2D eigenvalue weighted by atomic mass is 10.3. The van der Waals surface area contributed by atoms with Gasteiger partial charge in [-0.25, -0.2) is 0 Å². The number of carbonyl (C=O) groups is 1. The third-order valence-electron chi connectivity index (χ3n) is 1.85. The first-order valence-electron chi connectivity index (χ1n) is 4.98. The number of nitrogens with two attached hydrogens (primary N) is 1. The summed E-state index contributed by atoms with van der Waals surface area (Å²) in [6, 6.07) is 7.28. The lowest BCUT2D eigenvalue weighted by Crippen LogP contribution is -2.15. The Kier molecular flexibility index (Phi) is 5.74. The zero-order valence-electron chi connectivity index (χ0n) is 9.23. The van der Waals surface area contributed by atoms with Gasteiger partial charge in [-0.15, -0.1) is 0 Å². The van der Waals surface area contributed by atoms with Gasteiger partial charge in [0.05, 0.1) is 12.9 Å². The molecule has 1 rings (SSSR count). The molecule has 0 aromatic heterocycles. The van der Waals surface area contributed by atoms with E-state index >= 15 is 0 Å². The molecule has 0 bridgehead atoms. The minimum absolute atomic E-state index is 0.0216. The van der Waals surface area contributed by atoms with Crippen molar-refractivity contribution in [2.45, 2.75) is 0 Å². The first-order valence-corrected chi connectivity index (χ1v) is 6.13. The van der Waals surface area contributed by atoms with Gasteiger partial charge >= 0.3 is 0 Å². The highest BCUT2D eigenvalue weighted by Gasteiger charge is 2.02. The molecular formula is C11H16N2O2S. The van der Waals surface area contributed by atoms with E-state index in [1.54, 1.807) is 13.2 Å². The van der Waals surface area contributed by atoms with Crippen LogP contribution in [-0.4, -0.2) is 31.1 Å². The molecule has 0 aliphatic carbocycles. The Hall–Kier alpha value is -1.20.